The number of aromatic nitrogens is 2. The lowest BCUT2D eigenvalue weighted by Crippen LogP contribution is -2.27. The molecule has 0 fully saturated rings. The second-order valence-electron chi connectivity index (χ2n) is 4.67. The van der Waals surface area contributed by atoms with Crippen molar-refractivity contribution in [3.05, 3.63) is 47.8 Å². The monoisotopic (exact) mass is 245 g/mol. The molecule has 2 rings (SSSR count). The molecule has 96 valence electrons. The van der Waals surface area contributed by atoms with Crippen LogP contribution in [0.25, 0.3) is 0 Å². The Morgan fingerprint density at radius 1 is 1.28 bits per heavy atom. The van der Waals surface area contributed by atoms with Crippen molar-refractivity contribution in [3.63, 3.8) is 0 Å². The van der Waals surface area contributed by atoms with Crippen LogP contribution in [0, 0.1) is 0 Å². The van der Waals surface area contributed by atoms with E-state index in [-0.39, 0.29) is 0 Å². The smallest absolute Gasteiger partial charge is 0.115 e. The Labute approximate surface area is 107 Å². The van der Waals surface area contributed by atoms with Crippen molar-refractivity contribution >= 4 is 0 Å². The van der Waals surface area contributed by atoms with Crippen LogP contribution in [-0.4, -0.2) is 20.9 Å². The fraction of sp³-hybridized carbons (Fsp3) is 0.357. The predicted octanol–water partition coefficient (Wildman–Crippen LogP) is 1.85. The molecule has 4 heteroatoms. The topological polar surface area (TPSA) is 50.1 Å². The third-order valence-corrected chi connectivity index (χ3v) is 2.89. The minimum Gasteiger partial charge on any atom is -0.508 e. The lowest BCUT2D eigenvalue weighted by Gasteiger charge is -2.13. The molecule has 1 unspecified atom stereocenters. The van der Waals surface area contributed by atoms with E-state index in [0.29, 0.717) is 11.8 Å². The fourth-order valence-electron chi connectivity index (χ4n) is 1.91. The number of phenols is 1. The van der Waals surface area contributed by atoms with E-state index in [1.54, 1.807) is 12.1 Å². The van der Waals surface area contributed by atoms with Crippen LogP contribution in [-0.2, 0) is 20.0 Å². The summed E-state index contributed by atoms with van der Waals surface area (Å²) in [4.78, 5) is 0. The molecule has 1 heterocycles. The zero-order valence-corrected chi connectivity index (χ0v) is 10.8. The summed E-state index contributed by atoms with van der Waals surface area (Å²) >= 11 is 0. The maximum Gasteiger partial charge on any atom is 0.115 e. The molecule has 4 nitrogen and oxygen atoms in total. The number of phenolic OH excluding ortho intramolecular Hbond substituents is 1. The highest BCUT2D eigenvalue weighted by atomic mass is 16.3. The second-order valence-corrected chi connectivity index (χ2v) is 4.67. The third kappa shape index (κ3) is 3.60. The van der Waals surface area contributed by atoms with Crippen molar-refractivity contribution < 1.29 is 5.11 Å². The standard InChI is InChI=1S/C14H19N3O/c1-11(7-12-3-5-14(18)6-4-12)15-8-13-9-16-17(2)10-13/h3-6,9-11,15,18H,7-8H2,1-2H3. The van der Waals surface area contributed by atoms with E-state index in [4.69, 9.17) is 0 Å². The van der Waals surface area contributed by atoms with Crippen LogP contribution < -0.4 is 5.32 Å². The maximum absolute atomic E-state index is 9.22. The molecule has 1 aromatic heterocycles. The molecule has 1 atom stereocenters. The van der Waals surface area contributed by atoms with Crippen molar-refractivity contribution in [2.45, 2.75) is 25.9 Å². The minimum atomic E-state index is 0.315. The van der Waals surface area contributed by atoms with Gasteiger partial charge in [0.25, 0.3) is 0 Å². The summed E-state index contributed by atoms with van der Waals surface area (Å²) in [6.07, 6.45) is 4.83. The summed E-state index contributed by atoms with van der Waals surface area (Å²) in [6.45, 7) is 2.98. The lowest BCUT2D eigenvalue weighted by atomic mass is 10.1. The van der Waals surface area contributed by atoms with Crippen molar-refractivity contribution in [3.8, 4) is 5.75 Å². The van der Waals surface area contributed by atoms with Gasteiger partial charge in [-0.05, 0) is 31.0 Å². The number of nitrogens with one attached hydrogen (secondary N) is 1. The van der Waals surface area contributed by atoms with Crippen molar-refractivity contribution in [1.29, 1.82) is 0 Å². The van der Waals surface area contributed by atoms with Gasteiger partial charge in [-0.2, -0.15) is 5.10 Å². The molecule has 0 bridgehead atoms. The first kappa shape index (κ1) is 12.6. The first-order valence-electron chi connectivity index (χ1n) is 6.12. The fourth-order valence-corrected chi connectivity index (χ4v) is 1.91. The van der Waals surface area contributed by atoms with Gasteiger partial charge in [-0.1, -0.05) is 12.1 Å². The Kier molecular flexibility index (Phi) is 3.99. The first-order chi connectivity index (χ1) is 8.63. The Morgan fingerprint density at radius 3 is 2.61 bits per heavy atom. The molecule has 0 spiro atoms. The van der Waals surface area contributed by atoms with E-state index in [1.165, 1.54) is 11.1 Å². The molecule has 2 aromatic rings. The average Bonchev–Trinajstić information content (AvgIpc) is 2.76. The Balaban J connectivity index is 1.81. The minimum absolute atomic E-state index is 0.315. The van der Waals surface area contributed by atoms with Gasteiger partial charge < -0.3 is 10.4 Å². The molecular formula is C14H19N3O. The van der Waals surface area contributed by atoms with Crippen LogP contribution in [0.2, 0.25) is 0 Å². The number of aromatic hydroxyl groups is 1. The number of benzene rings is 1. The first-order valence-corrected chi connectivity index (χ1v) is 6.12. The van der Waals surface area contributed by atoms with Crippen LogP contribution in [0.5, 0.6) is 5.75 Å². The molecule has 2 N–H and O–H groups in total. The van der Waals surface area contributed by atoms with Crippen molar-refractivity contribution in [2.24, 2.45) is 7.05 Å². The number of hydrogen-bond acceptors (Lipinski definition) is 3. The van der Waals surface area contributed by atoms with Crippen LogP contribution in [0.4, 0.5) is 0 Å². The maximum atomic E-state index is 9.22. The molecule has 0 aliphatic rings. The van der Waals surface area contributed by atoms with Gasteiger partial charge in [0, 0.05) is 31.4 Å². The predicted molar refractivity (Wildman–Crippen MR) is 71.3 cm³/mol. The Bertz CT molecular complexity index is 490. The van der Waals surface area contributed by atoms with Crippen LogP contribution >= 0.6 is 0 Å². The summed E-state index contributed by atoms with van der Waals surface area (Å²) in [5.74, 6) is 0.315. The van der Waals surface area contributed by atoms with Crippen LogP contribution in [0.15, 0.2) is 36.7 Å². The van der Waals surface area contributed by atoms with Crippen LogP contribution in [0.1, 0.15) is 18.1 Å². The molecule has 1 aromatic carbocycles. The second kappa shape index (κ2) is 5.69. The van der Waals surface area contributed by atoms with E-state index in [9.17, 15) is 5.11 Å². The highest BCUT2D eigenvalue weighted by molar-refractivity contribution is 5.26. The zero-order valence-electron chi connectivity index (χ0n) is 10.8. The molecule has 0 aliphatic heterocycles. The van der Waals surface area contributed by atoms with E-state index in [0.717, 1.165) is 13.0 Å². The number of aryl methyl sites for hydroxylation is 1. The normalized spacial score (nSPS) is 12.6. The third-order valence-electron chi connectivity index (χ3n) is 2.89. The van der Waals surface area contributed by atoms with Gasteiger partial charge in [0.2, 0.25) is 0 Å². The molecule has 0 aliphatic carbocycles. The summed E-state index contributed by atoms with van der Waals surface area (Å²) in [7, 11) is 1.92. The molecule has 0 saturated carbocycles. The van der Waals surface area contributed by atoms with Gasteiger partial charge in [0.05, 0.1) is 6.20 Å². The van der Waals surface area contributed by atoms with E-state index >= 15 is 0 Å². The summed E-state index contributed by atoms with van der Waals surface area (Å²) in [5.41, 5.74) is 2.41. The van der Waals surface area contributed by atoms with Gasteiger partial charge >= 0.3 is 0 Å². The quantitative estimate of drug-likeness (QED) is 0.845. The number of nitrogens with zero attached hydrogens (tertiary/aromatic N) is 2. The molecule has 0 amide bonds. The largest absolute Gasteiger partial charge is 0.508 e. The number of hydrogen-bond donors (Lipinski definition) is 2. The molecular weight excluding hydrogens is 226 g/mol. The summed E-state index contributed by atoms with van der Waals surface area (Å²) in [6, 6.07) is 7.75. The average molecular weight is 245 g/mol. The van der Waals surface area contributed by atoms with Crippen molar-refractivity contribution in [1.82, 2.24) is 15.1 Å². The van der Waals surface area contributed by atoms with E-state index < -0.39 is 0 Å². The van der Waals surface area contributed by atoms with Gasteiger partial charge in [0.1, 0.15) is 5.75 Å². The highest BCUT2D eigenvalue weighted by Crippen LogP contribution is 2.11. The Morgan fingerprint density at radius 2 is 2.00 bits per heavy atom. The van der Waals surface area contributed by atoms with Gasteiger partial charge in [-0.25, -0.2) is 0 Å². The highest BCUT2D eigenvalue weighted by Gasteiger charge is 2.04. The van der Waals surface area contributed by atoms with E-state index in [1.807, 2.05) is 36.3 Å². The molecule has 18 heavy (non-hydrogen) atoms. The zero-order chi connectivity index (χ0) is 13.0. The summed E-state index contributed by atoms with van der Waals surface area (Å²) in [5, 5.41) is 16.8. The lowest BCUT2D eigenvalue weighted by molar-refractivity contribution is 0.474. The summed E-state index contributed by atoms with van der Waals surface area (Å²) < 4.78 is 1.81. The molecule has 0 saturated heterocycles. The van der Waals surface area contributed by atoms with Gasteiger partial charge in [-0.15, -0.1) is 0 Å². The van der Waals surface area contributed by atoms with Crippen LogP contribution in [0.3, 0.4) is 0 Å². The molecule has 0 radical (unpaired) electrons. The number of rotatable bonds is 5. The Hall–Kier alpha value is -1.81. The van der Waals surface area contributed by atoms with Gasteiger partial charge in [-0.3, -0.25) is 4.68 Å². The SMILES string of the molecule is CC(Cc1ccc(O)cc1)NCc1cnn(C)c1. The van der Waals surface area contributed by atoms with Gasteiger partial charge in [0.15, 0.2) is 0 Å². The van der Waals surface area contributed by atoms with Crippen molar-refractivity contribution in [2.75, 3.05) is 0 Å². The van der Waals surface area contributed by atoms with E-state index in [2.05, 4.69) is 17.3 Å².